The summed E-state index contributed by atoms with van der Waals surface area (Å²) in [6, 6.07) is 10.8. The minimum atomic E-state index is -0.242. The largest absolute Gasteiger partial charge is 0.497 e. The summed E-state index contributed by atoms with van der Waals surface area (Å²) in [6.45, 7) is 0.398. The number of nitrogens with one attached hydrogen (secondary N) is 2. The molecule has 1 amide bonds. The molecule has 0 saturated carbocycles. The van der Waals surface area contributed by atoms with E-state index >= 15 is 0 Å². The molecular weight excluding hydrogens is 256 g/mol. The van der Waals surface area contributed by atoms with Crippen molar-refractivity contribution in [2.45, 2.75) is 6.54 Å². The Bertz CT molecular complexity index is 601. The molecular formula is C14H16N4O2. The second-order valence-corrected chi connectivity index (χ2v) is 4.08. The molecule has 0 aliphatic heterocycles. The van der Waals surface area contributed by atoms with E-state index in [0.717, 1.165) is 11.3 Å². The van der Waals surface area contributed by atoms with Crippen molar-refractivity contribution in [3.05, 3.63) is 53.7 Å². The zero-order valence-electron chi connectivity index (χ0n) is 11.1. The molecule has 1 aromatic carbocycles. The molecule has 2 rings (SSSR count). The van der Waals surface area contributed by atoms with Gasteiger partial charge in [0.2, 0.25) is 0 Å². The normalized spacial score (nSPS) is 9.90. The van der Waals surface area contributed by atoms with E-state index in [1.807, 2.05) is 24.3 Å². The van der Waals surface area contributed by atoms with Crippen LogP contribution in [0.15, 0.2) is 42.6 Å². The summed E-state index contributed by atoms with van der Waals surface area (Å²) >= 11 is 0. The molecule has 20 heavy (non-hydrogen) atoms. The quantitative estimate of drug-likeness (QED) is 0.564. The number of amides is 1. The molecule has 0 bridgehead atoms. The molecule has 1 aromatic heterocycles. The van der Waals surface area contributed by atoms with Gasteiger partial charge in [-0.25, -0.2) is 10.8 Å². The third kappa shape index (κ3) is 3.24. The summed E-state index contributed by atoms with van der Waals surface area (Å²) in [5, 5.41) is 2.81. The third-order valence-corrected chi connectivity index (χ3v) is 2.78. The highest BCUT2D eigenvalue weighted by atomic mass is 16.5. The molecule has 0 fully saturated rings. The number of carbonyl (C=O) groups excluding carboxylic acids is 1. The highest BCUT2D eigenvalue weighted by Crippen LogP contribution is 2.13. The lowest BCUT2D eigenvalue weighted by atomic mass is 10.2. The molecule has 6 nitrogen and oxygen atoms in total. The number of aromatic nitrogens is 1. The molecule has 4 N–H and O–H groups in total. The molecule has 0 unspecified atom stereocenters. The first-order valence-electron chi connectivity index (χ1n) is 6.07. The van der Waals surface area contributed by atoms with E-state index < -0.39 is 0 Å². The zero-order valence-corrected chi connectivity index (χ0v) is 11.1. The van der Waals surface area contributed by atoms with Crippen LogP contribution in [0, 0.1) is 0 Å². The number of ether oxygens (including phenoxy) is 1. The van der Waals surface area contributed by atoms with Gasteiger partial charge in [0.05, 0.1) is 12.7 Å². The number of nitrogens with zero attached hydrogens (tertiary/aromatic N) is 1. The predicted octanol–water partition coefficient (Wildman–Crippen LogP) is 1.31. The smallest absolute Gasteiger partial charge is 0.255 e. The number of methoxy groups -OCH3 is 1. The molecule has 104 valence electrons. The molecule has 1 heterocycles. The third-order valence-electron chi connectivity index (χ3n) is 2.78. The number of nitrogens with two attached hydrogens (primary N) is 1. The van der Waals surface area contributed by atoms with E-state index in [1.165, 1.54) is 0 Å². The van der Waals surface area contributed by atoms with Gasteiger partial charge >= 0.3 is 0 Å². The monoisotopic (exact) mass is 272 g/mol. The van der Waals surface area contributed by atoms with Crippen LogP contribution < -0.4 is 21.3 Å². The summed E-state index contributed by atoms with van der Waals surface area (Å²) in [7, 11) is 1.60. The van der Waals surface area contributed by atoms with Gasteiger partial charge in [0.15, 0.2) is 5.82 Å². The maximum absolute atomic E-state index is 12.1. The number of rotatable bonds is 5. The van der Waals surface area contributed by atoms with Crippen LogP contribution in [0.5, 0.6) is 5.75 Å². The van der Waals surface area contributed by atoms with Crippen LogP contribution in [0.1, 0.15) is 15.9 Å². The Morgan fingerprint density at radius 3 is 2.95 bits per heavy atom. The summed E-state index contributed by atoms with van der Waals surface area (Å²) in [5.74, 6) is 6.18. The van der Waals surface area contributed by atoms with Crippen molar-refractivity contribution in [2.75, 3.05) is 12.5 Å². The van der Waals surface area contributed by atoms with Crippen LogP contribution in [-0.2, 0) is 6.54 Å². The first kappa shape index (κ1) is 13.8. The van der Waals surface area contributed by atoms with Crippen molar-refractivity contribution >= 4 is 11.7 Å². The minimum Gasteiger partial charge on any atom is -0.497 e. The van der Waals surface area contributed by atoms with E-state index in [2.05, 4.69) is 15.7 Å². The molecule has 0 aliphatic rings. The van der Waals surface area contributed by atoms with E-state index in [4.69, 9.17) is 10.6 Å². The van der Waals surface area contributed by atoms with Crippen LogP contribution in [0.25, 0.3) is 0 Å². The van der Waals surface area contributed by atoms with E-state index in [1.54, 1.807) is 25.4 Å². The van der Waals surface area contributed by atoms with Gasteiger partial charge in [-0.2, -0.15) is 0 Å². The number of hydrogen-bond donors (Lipinski definition) is 3. The number of hydrazine groups is 1. The van der Waals surface area contributed by atoms with Crippen LogP contribution in [0.4, 0.5) is 5.82 Å². The molecule has 2 aromatic rings. The molecule has 0 spiro atoms. The number of pyridine rings is 1. The average molecular weight is 272 g/mol. The Morgan fingerprint density at radius 2 is 2.20 bits per heavy atom. The van der Waals surface area contributed by atoms with Crippen LogP contribution in [-0.4, -0.2) is 18.0 Å². The fraction of sp³-hybridized carbons (Fsp3) is 0.143. The Balaban J connectivity index is 2.04. The fourth-order valence-corrected chi connectivity index (χ4v) is 1.76. The van der Waals surface area contributed by atoms with E-state index in [9.17, 15) is 4.79 Å². The van der Waals surface area contributed by atoms with Crippen molar-refractivity contribution in [1.82, 2.24) is 10.3 Å². The number of anilines is 1. The Morgan fingerprint density at radius 1 is 1.35 bits per heavy atom. The Labute approximate surface area is 116 Å². The number of nitrogen functional groups attached to an aromatic ring is 1. The SMILES string of the molecule is COc1cccc(CNC(=O)c2cccnc2NN)c1. The van der Waals surface area contributed by atoms with Crippen molar-refractivity contribution < 1.29 is 9.53 Å². The lowest BCUT2D eigenvalue weighted by Crippen LogP contribution is -2.25. The molecule has 0 saturated heterocycles. The van der Waals surface area contributed by atoms with Crippen LogP contribution in [0.2, 0.25) is 0 Å². The topological polar surface area (TPSA) is 89.3 Å². The predicted molar refractivity (Wildman–Crippen MR) is 76.2 cm³/mol. The highest BCUT2D eigenvalue weighted by molar-refractivity contribution is 5.98. The van der Waals surface area contributed by atoms with Crippen molar-refractivity contribution in [2.24, 2.45) is 5.84 Å². The van der Waals surface area contributed by atoms with Gasteiger partial charge in [0.25, 0.3) is 5.91 Å². The van der Waals surface area contributed by atoms with Crippen molar-refractivity contribution in [1.29, 1.82) is 0 Å². The first-order valence-corrected chi connectivity index (χ1v) is 6.07. The molecule has 0 atom stereocenters. The van der Waals surface area contributed by atoms with Gasteiger partial charge in [-0.15, -0.1) is 0 Å². The number of hydrogen-bond acceptors (Lipinski definition) is 5. The fourth-order valence-electron chi connectivity index (χ4n) is 1.76. The van der Waals surface area contributed by atoms with Gasteiger partial charge in [0, 0.05) is 12.7 Å². The van der Waals surface area contributed by atoms with Gasteiger partial charge in [0.1, 0.15) is 5.75 Å². The number of benzene rings is 1. The number of carbonyl (C=O) groups is 1. The van der Waals surface area contributed by atoms with E-state index in [0.29, 0.717) is 17.9 Å². The summed E-state index contributed by atoms with van der Waals surface area (Å²) in [5.41, 5.74) is 3.75. The van der Waals surface area contributed by atoms with Gasteiger partial charge in [-0.1, -0.05) is 12.1 Å². The van der Waals surface area contributed by atoms with Gasteiger partial charge in [-0.05, 0) is 29.8 Å². The maximum atomic E-state index is 12.1. The lowest BCUT2D eigenvalue weighted by Gasteiger charge is -2.09. The molecule has 0 aliphatic carbocycles. The van der Waals surface area contributed by atoms with Crippen LogP contribution >= 0.6 is 0 Å². The average Bonchev–Trinajstić information content (AvgIpc) is 2.52. The summed E-state index contributed by atoms with van der Waals surface area (Å²) in [6.07, 6.45) is 1.56. The minimum absolute atomic E-state index is 0.242. The summed E-state index contributed by atoms with van der Waals surface area (Å²) < 4.78 is 5.13. The second kappa shape index (κ2) is 6.53. The second-order valence-electron chi connectivity index (χ2n) is 4.08. The molecule has 0 radical (unpaired) electrons. The highest BCUT2D eigenvalue weighted by Gasteiger charge is 2.10. The first-order chi connectivity index (χ1) is 9.74. The van der Waals surface area contributed by atoms with Gasteiger partial charge < -0.3 is 15.5 Å². The standard InChI is InChI=1S/C14H16N4O2/c1-20-11-5-2-4-10(8-11)9-17-14(19)12-6-3-7-16-13(12)18-15/h2-8H,9,15H2,1H3,(H,16,18)(H,17,19). The Kier molecular flexibility index (Phi) is 4.52. The lowest BCUT2D eigenvalue weighted by molar-refractivity contribution is 0.0951. The van der Waals surface area contributed by atoms with Crippen molar-refractivity contribution in [3.8, 4) is 5.75 Å². The zero-order chi connectivity index (χ0) is 14.4. The van der Waals surface area contributed by atoms with Gasteiger partial charge in [-0.3, -0.25) is 4.79 Å². The Hall–Kier alpha value is -2.60. The summed E-state index contributed by atoms with van der Waals surface area (Å²) in [4.78, 5) is 16.1. The maximum Gasteiger partial charge on any atom is 0.255 e. The van der Waals surface area contributed by atoms with Crippen molar-refractivity contribution in [3.63, 3.8) is 0 Å². The van der Waals surface area contributed by atoms with Crippen LogP contribution in [0.3, 0.4) is 0 Å². The molecule has 6 heteroatoms. The van der Waals surface area contributed by atoms with E-state index in [-0.39, 0.29) is 5.91 Å².